The van der Waals surface area contributed by atoms with E-state index < -0.39 is 0 Å². The third-order valence-corrected chi connectivity index (χ3v) is 3.71. The van der Waals surface area contributed by atoms with Gasteiger partial charge in [0.05, 0.1) is 0 Å². The van der Waals surface area contributed by atoms with Crippen molar-refractivity contribution >= 4 is 10.9 Å². The van der Waals surface area contributed by atoms with Crippen LogP contribution in [0.4, 0.5) is 0 Å². The summed E-state index contributed by atoms with van der Waals surface area (Å²) in [5.41, 5.74) is 5.29. The Hall–Kier alpha value is -2.81. The van der Waals surface area contributed by atoms with Crippen LogP contribution in [-0.2, 0) is 0 Å². The van der Waals surface area contributed by atoms with Crippen molar-refractivity contribution in [1.29, 1.82) is 0 Å². The second-order valence-corrected chi connectivity index (χ2v) is 5.19. The molecule has 0 atom stereocenters. The molecule has 0 spiro atoms. The first-order chi connectivity index (χ1) is 10.3. The number of aromatic nitrogens is 2. The highest BCUT2D eigenvalue weighted by Gasteiger charge is 2.12. The van der Waals surface area contributed by atoms with Gasteiger partial charge in [-0.25, -0.2) is 0 Å². The lowest BCUT2D eigenvalue weighted by Gasteiger charge is -1.95. The van der Waals surface area contributed by atoms with E-state index in [2.05, 4.69) is 53.5 Å². The van der Waals surface area contributed by atoms with Crippen molar-refractivity contribution in [2.24, 2.45) is 0 Å². The number of fused-ring (bicyclic) bond motifs is 1. The number of hydrogen-bond donors (Lipinski definition) is 1. The highest BCUT2D eigenvalue weighted by molar-refractivity contribution is 5.94. The maximum Gasteiger partial charge on any atom is 0.167 e. The summed E-state index contributed by atoms with van der Waals surface area (Å²) in [7, 11) is 0. The predicted molar refractivity (Wildman–Crippen MR) is 84.0 cm³/mol. The predicted octanol–water partition coefficient (Wildman–Crippen LogP) is 4.80. The van der Waals surface area contributed by atoms with Gasteiger partial charge in [-0.3, -0.25) is 0 Å². The lowest BCUT2D eigenvalue weighted by molar-refractivity contribution is 0.435. The number of nitrogens with zero attached hydrogens (tertiary/aromatic N) is 1. The first-order valence-electron chi connectivity index (χ1n) is 6.91. The molecular formula is C18H14N2O. The monoisotopic (exact) mass is 274 g/mol. The molecule has 21 heavy (non-hydrogen) atoms. The number of aryl methyl sites for hydroxylation is 1. The Morgan fingerprint density at radius 2 is 1.81 bits per heavy atom. The minimum absolute atomic E-state index is 0.787. The zero-order valence-corrected chi connectivity index (χ0v) is 11.6. The molecular weight excluding hydrogens is 260 g/mol. The van der Waals surface area contributed by atoms with Gasteiger partial charge in [-0.05, 0) is 13.0 Å². The Kier molecular flexibility index (Phi) is 2.64. The third-order valence-electron chi connectivity index (χ3n) is 3.71. The Labute approximate surface area is 122 Å². The standard InChI is InChI=1S/C18H14N2O/c1-12-6-8-13(9-7-12)18-10-17(20-21-18)15-11-19-16-5-3-2-4-14(15)16/h2-11,19H,1H3. The van der Waals surface area contributed by atoms with Gasteiger partial charge in [0.1, 0.15) is 5.69 Å². The lowest BCUT2D eigenvalue weighted by atomic mass is 10.1. The Morgan fingerprint density at radius 3 is 2.67 bits per heavy atom. The summed E-state index contributed by atoms with van der Waals surface area (Å²) in [5, 5.41) is 5.37. The summed E-state index contributed by atoms with van der Waals surface area (Å²) in [6.07, 6.45) is 1.97. The second-order valence-electron chi connectivity index (χ2n) is 5.19. The molecule has 0 saturated heterocycles. The highest BCUT2D eigenvalue weighted by atomic mass is 16.5. The van der Waals surface area contributed by atoms with Gasteiger partial charge in [-0.1, -0.05) is 53.2 Å². The normalized spacial score (nSPS) is 11.1. The van der Waals surface area contributed by atoms with E-state index >= 15 is 0 Å². The maximum atomic E-state index is 5.50. The van der Waals surface area contributed by atoms with E-state index in [4.69, 9.17) is 4.52 Å². The SMILES string of the molecule is Cc1ccc(-c2cc(-c3c[nH]c4ccccc34)no2)cc1. The average Bonchev–Trinajstić information content (AvgIpc) is 3.14. The van der Waals surface area contributed by atoms with Crippen LogP contribution in [0.1, 0.15) is 5.56 Å². The molecule has 4 aromatic rings. The van der Waals surface area contributed by atoms with Crippen molar-refractivity contribution in [3.8, 4) is 22.6 Å². The minimum Gasteiger partial charge on any atom is -0.360 e. The Morgan fingerprint density at radius 1 is 1.00 bits per heavy atom. The molecule has 0 aliphatic rings. The molecule has 2 heterocycles. The van der Waals surface area contributed by atoms with Crippen molar-refractivity contribution in [2.75, 3.05) is 0 Å². The van der Waals surface area contributed by atoms with Gasteiger partial charge in [-0.15, -0.1) is 0 Å². The van der Waals surface area contributed by atoms with Crippen LogP contribution in [0.5, 0.6) is 0 Å². The number of benzene rings is 2. The molecule has 0 fully saturated rings. The van der Waals surface area contributed by atoms with E-state index in [1.165, 1.54) is 5.56 Å². The van der Waals surface area contributed by atoms with Gasteiger partial charge in [0.15, 0.2) is 5.76 Å². The number of H-pyrrole nitrogens is 1. The van der Waals surface area contributed by atoms with Crippen LogP contribution in [-0.4, -0.2) is 10.1 Å². The molecule has 2 aromatic carbocycles. The Bertz CT molecular complexity index is 900. The van der Waals surface area contributed by atoms with Crippen molar-refractivity contribution in [1.82, 2.24) is 10.1 Å². The molecule has 0 aliphatic carbocycles. The molecule has 2 aromatic heterocycles. The van der Waals surface area contributed by atoms with Crippen LogP contribution in [0.2, 0.25) is 0 Å². The number of rotatable bonds is 2. The lowest BCUT2D eigenvalue weighted by Crippen LogP contribution is -1.75. The Balaban J connectivity index is 1.79. The molecule has 1 N–H and O–H groups in total. The summed E-state index contributed by atoms with van der Waals surface area (Å²) in [4.78, 5) is 3.26. The van der Waals surface area contributed by atoms with Crippen molar-refractivity contribution in [3.05, 3.63) is 66.4 Å². The summed E-state index contributed by atoms with van der Waals surface area (Å²) >= 11 is 0. The van der Waals surface area contributed by atoms with E-state index in [1.54, 1.807) is 0 Å². The number of aromatic amines is 1. The van der Waals surface area contributed by atoms with E-state index in [9.17, 15) is 0 Å². The molecule has 3 heteroatoms. The van der Waals surface area contributed by atoms with Gasteiger partial charge in [0.2, 0.25) is 0 Å². The number of hydrogen-bond acceptors (Lipinski definition) is 2. The molecule has 0 radical (unpaired) electrons. The number of nitrogens with one attached hydrogen (secondary N) is 1. The molecule has 0 aliphatic heterocycles. The maximum absolute atomic E-state index is 5.50. The third kappa shape index (κ3) is 2.03. The summed E-state index contributed by atoms with van der Waals surface area (Å²) in [6.45, 7) is 2.07. The van der Waals surface area contributed by atoms with Gasteiger partial charge >= 0.3 is 0 Å². The largest absolute Gasteiger partial charge is 0.360 e. The fourth-order valence-corrected chi connectivity index (χ4v) is 2.54. The summed E-state index contributed by atoms with van der Waals surface area (Å²) in [5.74, 6) is 0.787. The highest BCUT2D eigenvalue weighted by Crippen LogP contribution is 2.30. The molecule has 0 bridgehead atoms. The molecule has 0 amide bonds. The van der Waals surface area contributed by atoms with E-state index in [0.717, 1.165) is 33.5 Å². The molecule has 3 nitrogen and oxygen atoms in total. The van der Waals surface area contributed by atoms with Crippen LogP contribution < -0.4 is 0 Å². The van der Waals surface area contributed by atoms with Crippen LogP contribution in [0, 0.1) is 6.92 Å². The van der Waals surface area contributed by atoms with Crippen LogP contribution in [0.15, 0.2) is 65.3 Å². The summed E-state index contributed by atoms with van der Waals surface area (Å²) in [6, 6.07) is 18.4. The first-order valence-corrected chi connectivity index (χ1v) is 6.91. The molecule has 0 unspecified atom stereocenters. The minimum atomic E-state index is 0.787. The average molecular weight is 274 g/mol. The van der Waals surface area contributed by atoms with E-state index in [-0.39, 0.29) is 0 Å². The molecule has 4 rings (SSSR count). The molecule has 102 valence electrons. The smallest absolute Gasteiger partial charge is 0.167 e. The zero-order chi connectivity index (χ0) is 14.2. The van der Waals surface area contributed by atoms with Crippen molar-refractivity contribution < 1.29 is 4.52 Å². The van der Waals surface area contributed by atoms with Gasteiger partial charge in [0.25, 0.3) is 0 Å². The fraction of sp³-hybridized carbons (Fsp3) is 0.0556. The van der Waals surface area contributed by atoms with Crippen LogP contribution in [0.25, 0.3) is 33.5 Å². The van der Waals surface area contributed by atoms with Gasteiger partial charge < -0.3 is 9.51 Å². The van der Waals surface area contributed by atoms with Crippen LogP contribution in [0.3, 0.4) is 0 Å². The van der Waals surface area contributed by atoms with Gasteiger partial charge in [-0.2, -0.15) is 0 Å². The first kappa shape index (κ1) is 12.0. The van der Waals surface area contributed by atoms with Crippen molar-refractivity contribution in [2.45, 2.75) is 6.92 Å². The van der Waals surface area contributed by atoms with Crippen molar-refractivity contribution in [3.63, 3.8) is 0 Å². The summed E-state index contributed by atoms with van der Waals surface area (Å²) < 4.78 is 5.50. The quantitative estimate of drug-likeness (QED) is 0.570. The molecule has 0 saturated carbocycles. The van der Waals surface area contributed by atoms with Gasteiger partial charge in [0, 0.05) is 34.3 Å². The second kappa shape index (κ2) is 4.63. The van der Waals surface area contributed by atoms with E-state index in [0.29, 0.717) is 0 Å². The van der Waals surface area contributed by atoms with Crippen LogP contribution >= 0.6 is 0 Å². The fourth-order valence-electron chi connectivity index (χ4n) is 2.54. The topological polar surface area (TPSA) is 41.8 Å². The number of para-hydroxylation sites is 1. The zero-order valence-electron chi connectivity index (χ0n) is 11.6. The van der Waals surface area contributed by atoms with E-state index in [1.807, 2.05) is 24.4 Å².